The predicted octanol–water partition coefficient (Wildman–Crippen LogP) is 13.7. The fraction of sp³-hybridized carbons (Fsp3) is 0.0417. The lowest BCUT2D eigenvalue weighted by Gasteiger charge is -2.30. The van der Waals surface area contributed by atoms with E-state index >= 15 is 0 Å². The molecule has 0 amide bonds. The lowest BCUT2D eigenvalue weighted by Crippen LogP contribution is -2.17. The number of anilines is 2. The largest absolute Gasteiger partial charge is 0.455 e. The number of hydrogen-bond donors (Lipinski definition) is 0. The summed E-state index contributed by atoms with van der Waals surface area (Å²) >= 11 is 0. The fourth-order valence-corrected chi connectivity index (χ4v) is 7.72. The van der Waals surface area contributed by atoms with Crippen molar-refractivity contribution in [1.82, 2.24) is 0 Å². The summed E-state index contributed by atoms with van der Waals surface area (Å²) in [5.41, 5.74) is 14.3. The standard InChI is InChI=1S/C48H33NO2/c1-2-10-32(11-3-1)33-20-26-36(27-21-33)49(37-28-22-34(23-29-37)39-14-8-16-43-41-12-4-6-18-45(41)50-47(39)43)38-30-24-35(25-31-38)40-15-9-17-44-42-13-5-7-19-46(42)51-48(40)44/h1-24,26-30H,25,31H2. The number of benzene rings is 7. The lowest BCUT2D eigenvalue weighted by molar-refractivity contribution is 0.667. The maximum Gasteiger partial charge on any atom is 0.143 e. The zero-order valence-electron chi connectivity index (χ0n) is 27.9. The van der Waals surface area contributed by atoms with Crippen molar-refractivity contribution < 1.29 is 8.83 Å². The normalized spacial score (nSPS) is 13.2. The number of hydrogen-bond acceptors (Lipinski definition) is 3. The second-order valence-electron chi connectivity index (χ2n) is 13.2. The molecular weight excluding hydrogens is 623 g/mol. The van der Waals surface area contributed by atoms with Crippen LogP contribution in [-0.4, -0.2) is 0 Å². The van der Waals surface area contributed by atoms with Crippen molar-refractivity contribution >= 4 is 60.8 Å². The Morgan fingerprint density at radius 2 is 0.882 bits per heavy atom. The minimum Gasteiger partial charge on any atom is -0.455 e. The molecule has 0 saturated heterocycles. The van der Waals surface area contributed by atoms with Crippen LogP contribution in [0.5, 0.6) is 0 Å². The van der Waals surface area contributed by atoms with Gasteiger partial charge in [-0.15, -0.1) is 0 Å². The summed E-state index contributed by atoms with van der Waals surface area (Å²) in [5.74, 6) is 0. The first-order valence-electron chi connectivity index (χ1n) is 17.6. The first-order valence-corrected chi connectivity index (χ1v) is 17.6. The number of rotatable bonds is 6. The van der Waals surface area contributed by atoms with E-state index < -0.39 is 0 Å². The highest BCUT2D eigenvalue weighted by Crippen LogP contribution is 2.41. The van der Waals surface area contributed by atoms with Gasteiger partial charge in [0.15, 0.2) is 0 Å². The molecule has 242 valence electrons. The zero-order valence-corrected chi connectivity index (χ0v) is 27.9. The van der Waals surface area contributed by atoms with Crippen LogP contribution in [0.25, 0.3) is 71.7 Å². The predicted molar refractivity (Wildman–Crippen MR) is 212 cm³/mol. The topological polar surface area (TPSA) is 29.5 Å². The minimum absolute atomic E-state index is 0.892. The van der Waals surface area contributed by atoms with E-state index in [2.05, 4.69) is 163 Å². The molecule has 2 aromatic heterocycles. The van der Waals surface area contributed by atoms with Crippen LogP contribution in [0.4, 0.5) is 11.4 Å². The van der Waals surface area contributed by atoms with Gasteiger partial charge in [0, 0.05) is 49.7 Å². The second kappa shape index (κ2) is 12.1. The van der Waals surface area contributed by atoms with Gasteiger partial charge < -0.3 is 13.7 Å². The molecule has 9 aromatic rings. The van der Waals surface area contributed by atoms with E-state index in [1.807, 2.05) is 18.2 Å². The Kier molecular flexibility index (Phi) is 6.95. The third-order valence-electron chi connectivity index (χ3n) is 10.2. The van der Waals surface area contributed by atoms with E-state index in [0.717, 1.165) is 79.2 Å². The van der Waals surface area contributed by atoms with E-state index in [4.69, 9.17) is 8.83 Å². The molecule has 0 unspecified atom stereocenters. The van der Waals surface area contributed by atoms with Crippen LogP contribution >= 0.6 is 0 Å². The van der Waals surface area contributed by atoms with E-state index in [1.54, 1.807) is 0 Å². The average molecular weight is 656 g/mol. The number of allylic oxidation sites excluding steroid dienone is 4. The maximum absolute atomic E-state index is 6.41. The molecule has 0 spiro atoms. The van der Waals surface area contributed by atoms with Crippen LogP contribution in [0.15, 0.2) is 190 Å². The zero-order chi connectivity index (χ0) is 33.7. The summed E-state index contributed by atoms with van der Waals surface area (Å²) in [4.78, 5) is 2.40. The van der Waals surface area contributed by atoms with Crippen LogP contribution in [0, 0.1) is 0 Å². The Balaban J connectivity index is 1.05. The highest BCUT2D eigenvalue weighted by molar-refractivity contribution is 6.10. The summed E-state index contributed by atoms with van der Waals surface area (Å²) < 4.78 is 12.8. The molecular formula is C48H33NO2. The van der Waals surface area contributed by atoms with E-state index in [9.17, 15) is 0 Å². The quantitative estimate of drug-likeness (QED) is 0.179. The Bertz CT molecular complexity index is 2780. The Hall–Kier alpha value is -6.58. The highest BCUT2D eigenvalue weighted by atomic mass is 16.3. The minimum atomic E-state index is 0.892. The molecule has 0 saturated carbocycles. The molecule has 0 N–H and O–H groups in total. The van der Waals surface area contributed by atoms with Crippen molar-refractivity contribution in [2.75, 3.05) is 4.90 Å². The monoisotopic (exact) mass is 655 g/mol. The molecule has 10 rings (SSSR count). The van der Waals surface area contributed by atoms with Gasteiger partial charge in [-0.3, -0.25) is 0 Å². The molecule has 0 bridgehead atoms. The first-order chi connectivity index (χ1) is 25.3. The molecule has 2 heterocycles. The molecule has 1 aliphatic carbocycles. The second-order valence-corrected chi connectivity index (χ2v) is 13.2. The van der Waals surface area contributed by atoms with Crippen LogP contribution in [0.2, 0.25) is 0 Å². The van der Waals surface area contributed by atoms with Crippen LogP contribution in [0.3, 0.4) is 0 Å². The summed E-state index contributed by atoms with van der Waals surface area (Å²) in [7, 11) is 0. The van der Waals surface area contributed by atoms with Crippen LogP contribution in [0.1, 0.15) is 18.4 Å². The molecule has 1 aliphatic rings. The summed E-state index contributed by atoms with van der Waals surface area (Å²) in [6, 6.07) is 57.9. The van der Waals surface area contributed by atoms with Gasteiger partial charge in [-0.05, 0) is 77.6 Å². The van der Waals surface area contributed by atoms with Gasteiger partial charge in [0.1, 0.15) is 22.3 Å². The van der Waals surface area contributed by atoms with Crippen molar-refractivity contribution in [3.63, 3.8) is 0 Å². The first kappa shape index (κ1) is 29.3. The highest BCUT2D eigenvalue weighted by Gasteiger charge is 2.21. The molecule has 0 atom stereocenters. The average Bonchev–Trinajstić information content (AvgIpc) is 3.78. The summed E-state index contributed by atoms with van der Waals surface area (Å²) in [6.07, 6.45) is 6.37. The molecule has 7 aromatic carbocycles. The number of nitrogens with zero attached hydrogens (tertiary/aromatic N) is 1. The number of furan rings is 2. The van der Waals surface area contributed by atoms with Crippen LogP contribution < -0.4 is 4.90 Å². The van der Waals surface area contributed by atoms with E-state index in [1.165, 1.54) is 28.0 Å². The van der Waals surface area contributed by atoms with Crippen molar-refractivity contribution in [2.45, 2.75) is 12.8 Å². The third-order valence-corrected chi connectivity index (χ3v) is 10.2. The molecule has 0 fully saturated rings. The van der Waals surface area contributed by atoms with Crippen LogP contribution in [-0.2, 0) is 0 Å². The van der Waals surface area contributed by atoms with Gasteiger partial charge in [0.05, 0.1) is 0 Å². The van der Waals surface area contributed by atoms with Crippen molar-refractivity contribution in [1.29, 1.82) is 0 Å². The van der Waals surface area contributed by atoms with Gasteiger partial charge in [-0.1, -0.05) is 133 Å². The number of fused-ring (bicyclic) bond motifs is 6. The van der Waals surface area contributed by atoms with Crippen molar-refractivity contribution in [3.8, 4) is 22.3 Å². The summed E-state index contributed by atoms with van der Waals surface area (Å²) in [5, 5.41) is 4.61. The van der Waals surface area contributed by atoms with Gasteiger partial charge in [0.25, 0.3) is 0 Å². The van der Waals surface area contributed by atoms with Crippen molar-refractivity contribution in [2.24, 2.45) is 0 Å². The number of para-hydroxylation sites is 4. The molecule has 0 radical (unpaired) electrons. The molecule has 51 heavy (non-hydrogen) atoms. The Morgan fingerprint density at radius 1 is 0.373 bits per heavy atom. The van der Waals surface area contributed by atoms with Crippen molar-refractivity contribution in [3.05, 3.63) is 187 Å². The maximum atomic E-state index is 6.41. The molecule has 3 heteroatoms. The summed E-state index contributed by atoms with van der Waals surface area (Å²) in [6.45, 7) is 0. The van der Waals surface area contributed by atoms with Gasteiger partial charge >= 0.3 is 0 Å². The Labute approximate surface area is 296 Å². The van der Waals surface area contributed by atoms with Gasteiger partial charge in [-0.2, -0.15) is 0 Å². The smallest absolute Gasteiger partial charge is 0.143 e. The molecule has 0 aliphatic heterocycles. The van der Waals surface area contributed by atoms with Gasteiger partial charge in [0.2, 0.25) is 0 Å². The lowest BCUT2D eigenvalue weighted by atomic mass is 9.93. The SMILES string of the molecule is C1=C(c2cccc3c2oc2ccccc23)CCC(N(c2ccc(-c3ccccc3)cc2)c2ccc(-c3cccc4c3oc3ccccc34)cc2)=C1. The fourth-order valence-electron chi connectivity index (χ4n) is 7.72. The third kappa shape index (κ3) is 5.05. The Morgan fingerprint density at radius 3 is 1.49 bits per heavy atom. The van der Waals surface area contributed by atoms with E-state index in [-0.39, 0.29) is 0 Å². The van der Waals surface area contributed by atoms with E-state index in [0.29, 0.717) is 0 Å². The van der Waals surface area contributed by atoms with Gasteiger partial charge in [-0.25, -0.2) is 0 Å². The molecule has 3 nitrogen and oxygen atoms in total.